The molecule has 3 heteroatoms. The van der Waals surface area contributed by atoms with Gasteiger partial charge < -0.3 is 5.32 Å². The molecule has 0 aliphatic rings. The topological polar surface area (TPSA) is 24.9 Å². The maximum Gasteiger partial charge on any atom is 0.106 e. The molecule has 1 N–H and O–H groups in total. The lowest BCUT2D eigenvalue weighted by Gasteiger charge is -2.16. The molecule has 0 aliphatic heterocycles. The Bertz CT molecular complexity index is 339. The summed E-state index contributed by atoms with van der Waals surface area (Å²) in [6.07, 6.45) is 6.55. The number of nitrogens with one attached hydrogen (secondary N) is 1. The SMILES string of the molecule is CCCCCCC(C)Nc1ccc(Br)nc1C. The Morgan fingerprint density at radius 2 is 2.06 bits per heavy atom. The first-order valence-electron chi connectivity index (χ1n) is 6.53. The summed E-state index contributed by atoms with van der Waals surface area (Å²) in [4.78, 5) is 4.39. The number of unbranched alkanes of at least 4 members (excludes halogenated alkanes) is 3. The van der Waals surface area contributed by atoms with Crippen molar-refractivity contribution in [2.24, 2.45) is 0 Å². The standard InChI is InChI=1S/C14H23BrN2/c1-4-5-6-7-8-11(2)16-13-9-10-14(15)17-12(13)3/h9-11,16H,4-8H2,1-3H3. The maximum atomic E-state index is 4.39. The summed E-state index contributed by atoms with van der Waals surface area (Å²) in [5, 5.41) is 3.53. The fraction of sp³-hybridized carbons (Fsp3) is 0.643. The number of hydrogen-bond donors (Lipinski definition) is 1. The molecule has 0 aliphatic carbocycles. The largest absolute Gasteiger partial charge is 0.381 e. The second-order valence-electron chi connectivity index (χ2n) is 4.66. The zero-order chi connectivity index (χ0) is 12.7. The molecule has 0 saturated heterocycles. The second-order valence-corrected chi connectivity index (χ2v) is 5.47. The van der Waals surface area contributed by atoms with Gasteiger partial charge in [-0.15, -0.1) is 0 Å². The van der Waals surface area contributed by atoms with Crippen LogP contribution in [-0.4, -0.2) is 11.0 Å². The predicted octanol–water partition coefficient (Wildman–Crippen LogP) is 4.92. The summed E-state index contributed by atoms with van der Waals surface area (Å²) in [6, 6.07) is 4.60. The van der Waals surface area contributed by atoms with E-state index in [0.29, 0.717) is 6.04 Å². The minimum absolute atomic E-state index is 0.522. The van der Waals surface area contributed by atoms with Crippen LogP contribution in [0.3, 0.4) is 0 Å². The molecule has 0 radical (unpaired) electrons. The molecule has 1 aromatic rings. The summed E-state index contributed by atoms with van der Waals surface area (Å²) in [7, 11) is 0. The average molecular weight is 299 g/mol. The molecule has 0 aromatic carbocycles. The molecule has 2 nitrogen and oxygen atoms in total. The first-order valence-corrected chi connectivity index (χ1v) is 7.32. The highest BCUT2D eigenvalue weighted by atomic mass is 79.9. The Labute approximate surface area is 113 Å². The number of aryl methyl sites for hydroxylation is 1. The molecule has 0 spiro atoms. The van der Waals surface area contributed by atoms with Crippen molar-refractivity contribution >= 4 is 21.6 Å². The van der Waals surface area contributed by atoms with Gasteiger partial charge in [-0.3, -0.25) is 0 Å². The third-order valence-corrected chi connectivity index (χ3v) is 3.39. The predicted molar refractivity (Wildman–Crippen MR) is 78.5 cm³/mol. The summed E-state index contributed by atoms with van der Waals surface area (Å²) in [5.74, 6) is 0. The monoisotopic (exact) mass is 298 g/mol. The normalized spacial score (nSPS) is 12.5. The maximum absolute atomic E-state index is 4.39. The fourth-order valence-corrected chi connectivity index (χ4v) is 2.30. The number of rotatable bonds is 7. The quantitative estimate of drug-likeness (QED) is 0.571. The van der Waals surface area contributed by atoms with Crippen LogP contribution >= 0.6 is 15.9 Å². The Kier molecular flexibility index (Phi) is 6.56. The van der Waals surface area contributed by atoms with Crippen molar-refractivity contribution in [1.82, 2.24) is 4.98 Å². The molecule has 1 aromatic heterocycles. The zero-order valence-corrected chi connectivity index (χ0v) is 12.7. The zero-order valence-electron chi connectivity index (χ0n) is 11.1. The van der Waals surface area contributed by atoms with Gasteiger partial charge in [0.2, 0.25) is 0 Å². The molecular weight excluding hydrogens is 276 g/mol. The van der Waals surface area contributed by atoms with Gasteiger partial charge in [0, 0.05) is 6.04 Å². The number of aromatic nitrogens is 1. The molecule has 0 bridgehead atoms. The van der Waals surface area contributed by atoms with E-state index >= 15 is 0 Å². The summed E-state index contributed by atoms with van der Waals surface area (Å²) in [5.41, 5.74) is 2.20. The first kappa shape index (κ1) is 14.5. The average Bonchev–Trinajstić information content (AvgIpc) is 2.28. The lowest BCUT2D eigenvalue weighted by atomic mass is 10.1. The van der Waals surface area contributed by atoms with Gasteiger partial charge in [-0.05, 0) is 48.3 Å². The molecule has 1 unspecified atom stereocenters. The Hall–Kier alpha value is -0.570. The molecular formula is C14H23BrN2. The van der Waals surface area contributed by atoms with Crippen molar-refractivity contribution in [3.8, 4) is 0 Å². The van der Waals surface area contributed by atoms with Gasteiger partial charge >= 0.3 is 0 Å². The van der Waals surface area contributed by atoms with Gasteiger partial charge in [0.25, 0.3) is 0 Å². The lowest BCUT2D eigenvalue weighted by molar-refractivity contribution is 0.593. The highest BCUT2D eigenvalue weighted by molar-refractivity contribution is 9.10. The van der Waals surface area contributed by atoms with Crippen LogP contribution in [0.1, 0.15) is 51.6 Å². The van der Waals surface area contributed by atoms with Crippen molar-refractivity contribution in [2.75, 3.05) is 5.32 Å². The van der Waals surface area contributed by atoms with Crippen LogP contribution in [0.25, 0.3) is 0 Å². The molecule has 17 heavy (non-hydrogen) atoms. The first-order chi connectivity index (χ1) is 8.13. The molecule has 0 amide bonds. The van der Waals surface area contributed by atoms with E-state index < -0.39 is 0 Å². The third-order valence-electron chi connectivity index (χ3n) is 2.94. The number of halogens is 1. The molecule has 0 saturated carbocycles. The van der Waals surface area contributed by atoms with E-state index in [4.69, 9.17) is 0 Å². The number of nitrogens with zero attached hydrogens (tertiary/aromatic N) is 1. The highest BCUT2D eigenvalue weighted by Crippen LogP contribution is 2.18. The van der Waals surface area contributed by atoms with Gasteiger partial charge in [0.15, 0.2) is 0 Å². The third kappa shape index (κ3) is 5.53. The van der Waals surface area contributed by atoms with Crippen molar-refractivity contribution in [1.29, 1.82) is 0 Å². The van der Waals surface area contributed by atoms with Crippen molar-refractivity contribution in [3.63, 3.8) is 0 Å². The highest BCUT2D eigenvalue weighted by Gasteiger charge is 2.05. The van der Waals surface area contributed by atoms with Crippen molar-refractivity contribution in [2.45, 2.75) is 58.9 Å². The number of anilines is 1. The Balaban J connectivity index is 2.37. The fourth-order valence-electron chi connectivity index (χ4n) is 1.90. The van der Waals surface area contributed by atoms with E-state index in [1.165, 1.54) is 32.1 Å². The van der Waals surface area contributed by atoms with E-state index in [-0.39, 0.29) is 0 Å². The van der Waals surface area contributed by atoms with E-state index in [2.05, 4.69) is 46.1 Å². The Morgan fingerprint density at radius 1 is 1.29 bits per heavy atom. The minimum atomic E-state index is 0.522. The minimum Gasteiger partial charge on any atom is -0.381 e. The molecule has 0 fully saturated rings. The summed E-state index contributed by atoms with van der Waals surface area (Å²) < 4.78 is 0.899. The van der Waals surface area contributed by atoms with Crippen LogP contribution in [0.4, 0.5) is 5.69 Å². The molecule has 1 rings (SSSR count). The van der Waals surface area contributed by atoms with Crippen LogP contribution in [0.2, 0.25) is 0 Å². The van der Waals surface area contributed by atoms with Crippen LogP contribution < -0.4 is 5.32 Å². The van der Waals surface area contributed by atoms with E-state index in [1.54, 1.807) is 0 Å². The van der Waals surface area contributed by atoms with E-state index in [9.17, 15) is 0 Å². The second kappa shape index (κ2) is 7.70. The summed E-state index contributed by atoms with van der Waals surface area (Å²) in [6.45, 7) is 6.53. The van der Waals surface area contributed by atoms with Gasteiger partial charge in [-0.25, -0.2) is 4.98 Å². The summed E-state index contributed by atoms with van der Waals surface area (Å²) >= 11 is 3.38. The van der Waals surface area contributed by atoms with E-state index in [0.717, 1.165) is 16.0 Å². The molecule has 1 atom stereocenters. The van der Waals surface area contributed by atoms with Gasteiger partial charge in [0.05, 0.1) is 11.4 Å². The van der Waals surface area contributed by atoms with Gasteiger partial charge in [-0.2, -0.15) is 0 Å². The van der Waals surface area contributed by atoms with Crippen LogP contribution in [-0.2, 0) is 0 Å². The van der Waals surface area contributed by atoms with Gasteiger partial charge in [-0.1, -0.05) is 32.6 Å². The Morgan fingerprint density at radius 3 is 2.71 bits per heavy atom. The van der Waals surface area contributed by atoms with Crippen LogP contribution in [0.15, 0.2) is 16.7 Å². The number of pyridine rings is 1. The lowest BCUT2D eigenvalue weighted by Crippen LogP contribution is -2.16. The van der Waals surface area contributed by atoms with Crippen LogP contribution in [0, 0.1) is 6.92 Å². The van der Waals surface area contributed by atoms with E-state index in [1.807, 2.05) is 13.0 Å². The smallest absolute Gasteiger partial charge is 0.106 e. The van der Waals surface area contributed by atoms with Crippen molar-refractivity contribution < 1.29 is 0 Å². The van der Waals surface area contributed by atoms with Crippen LogP contribution in [0.5, 0.6) is 0 Å². The van der Waals surface area contributed by atoms with Gasteiger partial charge in [0.1, 0.15) is 4.60 Å². The molecule has 96 valence electrons. The molecule has 1 heterocycles. The van der Waals surface area contributed by atoms with Crippen molar-refractivity contribution in [3.05, 3.63) is 22.4 Å². The number of hydrogen-bond acceptors (Lipinski definition) is 2.